The smallest absolute Gasteiger partial charge is 0.352 e. The summed E-state index contributed by atoms with van der Waals surface area (Å²) in [7, 11) is 0. The average Bonchev–Trinajstić information content (AvgIpc) is 2.72. The first-order valence-electron chi connectivity index (χ1n) is 9.37. The molecule has 3 aromatic rings. The van der Waals surface area contributed by atoms with Gasteiger partial charge in [-0.3, -0.25) is 4.79 Å². The summed E-state index contributed by atoms with van der Waals surface area (Å²) >= 11 is 3.42. The van der Waals surface area contributed by atoms with Gasteiger partial charge >= 0.3 is 12.4 Å². The molecule has 0 aliphatic carbocycles. The zero-order valence-corrected chi connectivity index (χ0v) is 17.9. The average molecular weight is 516 g/mol. The third-order valence-electron chi connectivity index (χ3n) is 4.67. The van der Waals surface area contributed by atoms with E-state index in [1.807, 2.05) is 30.3 Å². The normalized spacial score (nSPS) is 12.0. The number of benzene rings is 3. The molecule has 3 rings (SSSR count). The van der Waals surface area contributed by atoms with Gasteiger partial charge < -0.3 is 5.32 Å². The Balaban J connectivity index is 1.80. The highest BCUT2D eigenvalue weighted by atomic mass is 79.9. The van der Waals surface area contributed by atoms with E-state index in [2.05, 4.69) is 21.2 Å². The van der Waals surface area contributed by atoms with Gasteiger partial charge in [0, 0.05) is 22.1 Å². The maximum atomic E-state index is 13.0. The minimum atomic E-state index is -4.92. The molecule has 1 amide bonds. The Morgan fingerprint density at radius 3 is 1.97 bits per heavy atom. The van der Waals surface area contributed by atoms with E-state index < -0.39 is 29.4 Å². The molecule has 0 fully saturated rings. The number of hydrogen-bond donors (Lipinski definition) is 1. The first kappa shape index (κ1) is 23.8. The van der Waals surface area contributed by atoms with Crippen LogP contribution >= 0.6 is 15.9 Å². The van der Waals surface area contributed by atoms with Gasteiger partial charge in [-0.2, -0.15) is 26.3 Å². The summed E-state index contributed by atoms with van der Waals surface area (Å²) in [5, 5.41) is 2.58. The second-order valence-electron chi connectivity index (χ2n) is 6.95. The predicted octanol–water partition coefficient (Wildman–Crippen LogP) is 7.13. The lowest BCUT2D eigenvalue weighted by Crippen LogP contribution is -2.26. The Bertz CT molecular complexity index is 1080. The zero-order valence-electron chi connectivity index (χ0n) is 16.3. The van der Waals surface area contributed by atoms with Gasteiger partial charge in [0.15, 0.2) is 0 Å². The molecule has 0 saturated carbocycles. The van der Waals surface area contributed by atoms with Crippen molar-refractivity contribution in [3.05, 3.63) is 93.5 Å². The Labute approximate surface area is 188 Å². The number of amides is 1. The van der Waals surface area contributed by atoms with E-state index in [0.29, 0.717) is 27.7 Å². The van der Waals surface area contributed by atoms with E-state index in [1.54, 1.807) is 18.2 Å². The third kappa shape index (κ3) is 5.70. The summed E-state index contributed by atoms with van der Waals surface area (Å²) in [5.41, 5.74) is -1.21. The fraction of sp³-hybridized carbons (Fsp3) is 0.174. The highest BCUT2D eigenvalue weighted by Crippen LogP contribution is 2.36. The summed E-state index contributed by atoms with van der Waals surface area (Å²) in [4.78, 5) is 12.7. The van der Waals surface area contributed by atoms with Crippen molar-refractivity contribution in [2.45, 2.75) is 18.8 Å². The molecule has 2 nitrogen and oxygen atoms in total. The summed E-state index contributed by atoms with van der Waals surface area (Å²) in [5.74, 6) is -0.492. The van der Waals surface area contributed by atoms with Crippen LogP contribution in [0.1, 0.15) is 27.0 Å². The molecule has 1 N–H and O–H groups in total. The van der Waals surface area contributed by atoms with Crippen LogP contribution in [0.2, 0.25) is 0 Å². The molecule has 0 unspecified atom stereocenters. The molecule has 0 atom stereocenters. The molecular weight excluding hydrogens is 500 g/mol. The SMILES string of the molecule is O=C(NCCc1cc(C(F)(F)F)cc(C(F)(F)F)c1)c1cccc(Br)c1-c1ccccc1. The molecule has 3 aromatic carbocycles. The standard InChI is InChI=1S/C23H16BrF6NO/c24-19-8-4-7-18(20(19)15-5-2-1-3-6-15)21(32)31-10-9-14-11-16(22(25,26)27)13-17(12-14)23(28,29)30/h1-8,11-13H,9-10H2,(H,31,32). The highest BCUT2D eigenvalue weighted by Gasteiger charge is 2.36. The van der Waals surface area contributed by atoms with Crippen molar-refractivity contribution >= 4 is 21.8 Å². The second-order valence-corrected chi connectivity index (χ2v) is 7.80. The van der Waals surface area contributed by atoms with Crippen LogP contribution in [-0.4, -0.2) is 12.5 Å². The van der Waals surface area contributed by atoms with Crippen LogP contribution in [0.15, 0.2) is 71.2 Å². The summed E-state index contributed by atoms with van der Waals surface area (Å²) in [6.07, 6.45) is -10.0. The van der Waals surface area contributed by atoms with E-state index in [9.17, 15) is 31.1 Å². The summed E-state index contributed by atoms with van der Waals surface area (Å²) in [6.45, 7) is -0.141. The van der Waals surface area contributed by atoms with E-state index in [4.69, 9.17) is 0 Å². The van der Waals surface area contributed by atoms with Crippen LogP contribution in [-0.2, 0) is 18.8 Å². The van der Waals surface area contributed by atoms with Crippen molar-refractivity contribution in [1.82, 2.24) is 5.32 Å². The first-order chi connectivity index (χ1) is 15.0. The first-order valence-corrected chi connectivity index (χ1v) is 10.2. The van der Waals surface area contributed by atoms with Gasteiger partial charge in [-0.25, -0.2) is 0 Å². The van der Waals surface area contributed by atoms with Crippen molar-refractivity contribution in [3.8, 4) is 11.1 Å². The molecule has 0 aliphatic heterocycles. The Morgan fingerprint density at radius 2 is 1.41 bits per heavy atom. The van der Waals surface area contributed by atoms with E-state index in [0.717, 1.165) is 5.56 Å². The van der Waals surface area contributed by atoms with Gasteiger partial charge in [0.2, 0.25) is 0 Å². The number of rotatable bonds is 5. The van der Waals surface area contributed by atoms with Crippen LogP contribution in [0.4, 0.5) is 26.3 Å². The maximum absolute atomic E-state index is 13.0. The van der Waals surface area contributed by atoms with Gasteiger partial charge in [-0.15, -0.1) is 0 Å². The van der Waals surface area contributed by atoms with Gasteiger partial charge in [0.1, 0.15) is 0 Å². The van der Waals surface area contributed by atoms with Gasteiger partial charge in [0.05, 0.1) is 11.1 Å². The van der Waals surface area contributed by atoms with Crippen LogP contribution in [0.5, 0.6) is 0 Å². The van der Waals surface area contributed by atoms with Crippen molar-refractivity contribution in [2.24, 2.45) is 0 Å². The molecule has 0 radical (unpaired) electrons. The Hall–Kier alpha value is -2.81. The molecule has 0 aliphatic rings. The number of halogens is 7. The summed E-state index contributed by atoms with van der Waals surface area (Å²) in [6, 6.07) is 15.5. The fourth-order valence-electron chi connectivity index (χ4n) is 3.19. The molecule has 9 heteroatoms. The Morgan fingerprint density at radius 1 is 0.812 bits per heavy atom. The van der Waals surface area contributed by atoms with Crippen molar-refractivity contribution in [2.75, 3.05) is 6.54 Å². The second kappa shape index (κ2) is 9.36. The summed E-state index contributed by atoms with van der Waals surface area (Å²) < 4.78 is 78.7. The lowest BCUT2D eigenvalue weighted by atomic mass is 9.99. The Kier molecular flexibility index (Phi) is 6.97. The topological polar surface area (TPSA) is 29.1 Å². The predicted molar refractivity (Wildman–Crippen MR) is 112 cm³/mol. The largest absolute Gasteiger partial charge is 0.416 e. The fourth-order valence-corrected chi connectivity index (χ4v) is 3.79. The minimum absolute atomic E-state index is 0.0791. The minimum Gasteiger partial charge on any atom is -0.352 e. The van der Waals surface area contributed by atoms with Crippen LogP contribution in [0.25, 0.3) is 11.1 Å². The number of nitrogens with one attached hydrogen (secondary N) is 1. The molecule has 0 saturated heterocycles. The molecule has 168 valence electrons. The number of alkyl halides is 6. The molecule has 0 bridgehead atoms. The van der Waals surface area contributed by atoms with Crippen molar-refractivity contribution in [3.63, 3.8) is 0 Å². The number of hydrogen-bond acceptors (Lipinski definition) is 1. The van der Waals surface area contributed by atoms with Crippen LogP contribution in [0.3, 0.4) is 0 Å². The van der Waals surface area contributed by atoms with Gasteiger partial charge in [-0.1, -0.05) is 52.3 Å². The van der Waals surface area contributed by atoms with Crippen LogP contribution in [0, 0.1) is 0 Å². The van der Waals surface area contributed by atoms with E-state index >= 15 is 0 Å². The van der Waals surface area contributed by atoms with E-state index in [1.165, 1.54) is 0 Å². The van der Waals surface area contributed by atoms with Gasteiger partial charge in [-0.05, 0) is 47.9 Å². The van der Waals surface area contributed by atoms with Gasteiger partial charge in [0.25, 0.3) is 5.91 Å². The van der Waals surface area contributed by atoms with Crippen molar-refractivity contribution in [1.29, 1.82) is 0 Å². The molecule has 0 spiro atoms. The zero-order chi connectivity index (χ0) is 23.5. The monoisotopic (exact) mass is 515 g/mol. The third-order valence-corrected chi connectivity index (χ3v) is 5.33. The van der Waals surface area contributed by atoms with Crippen LogP contribution < -0.4 is 5.32 Å². The molecule has 32 heavy (non-hydrogen) atoms. The quantitative estimate of drug-likeness (QED) is 0.360. The number of carbonyl (C=O) groups is 1. The molecular formula is C23H16BrF6NO. The highest BCUT2D eigenvalue weighted by molar-refractivity contribution is 9.10. The molecule has 0 aromatic heterocycles. The lowest BCUT2D eigenvalue weighted by Gasteiger charge is -2.15. The van der Waals surface area contributed by atoms with Crippen molar-refractivity contribution < 1.29 is 31.1 Å². The maximum Gasteiger partial charge on any atom is 0.416 e. The van der Waals surface area contributed by atoms with E-state index in [-0.39, 0.29) is 24.6 Å². The molecule has 0 heterocycles. The number of carbonyl (C=O) groups excluding carboxylic acids is 1. The lowest BCUT2D eigenvalue weighted by molar-refractivity contribution is -0.143.